The Labute approximate surface area is 93.8 Å². The molecular formula is C12H15N3O. The van der Waals surface area contributed by atoms with Crippen molar-refractivity contribution in [3.8, 4) is 0 Å². The number of benzene rings is 1. The molecule has 0 aliphatic carbocycles. The molecule has 0 saturated carbocycles. The molecule has 1 aliphatic rings. The minimum atomic E-state index is -0.0146. The third-order valence-electron chi connectivity index (χ3n) is 3.59. The first-order chi connectivity index (χ1) is 7.72. The number of hydrogen-bond donors (Lipinski definition) is 2. The van der Waals surface area contributed by atoms with E-state index in [-0.39, 0.29) is 11.5 Å². The van der Waals surface area contributed by atoms with Gasteiger partial charge >= 0.3 is 0 Å². The van der Waals surface area contributed by atoms with E-state index in [1.165, 1.54) is 5.56 Å². The van der Waals surface area contributed by atoms with Gasteiger partial charge in [0.15, 0.2) is 0 Å². The molecule has 1 saturated heterocycles. The zero-order valence-corrected chi connectivity index (χ0v) is 9.23. The molecule has 16 heavy (non-hydrogen) atoms. The standard InChI is InChI=1S/C12H15N3O/c1-8(13)12(5-16-6-12)9-2-3-10-11(4-9)15-7-14-10/h2-4,7-8H,5-6,13H2,1H3,(H,14,15). The third-order valence-corrected chi connectivity index (χ3v) is 3.59. The minimum absolute atomic E-state index is 0.0146. The predicted molar refractivity (Wildman–Crippen MR) is 62.2 cm³/mol. The van der Waals surface area contributed by atoms with Gasteiger partial charge in [-0.05, 0) is 24.6 Å². The minimum Gasteiger partial charge on any atom is -0.379 e. The van der Waals surface area contributed by atoms with Gasteiger partial charge in [0.2, 0.25) is 0 Å². The molecule has 3 N–H and O–H groups in total. The Bertz CT molecular complexity index is 514. The molecule has 1 aromatic heterocycles. The van der Waals surface area contributed by atoms with Crippen molar-refractivity contribution in [2.75, 3.05) is 13.2 Å². The highest BCUT2D eigenvalue weighted by atomic mass is 16.5. The second-order valence-electron chi connectivity index (χ2n) is 4.57. The van der Waals surface area contributed by atoms with E-state index >= 15 is 0 Å². The topological polar surface area (TPSA) is 63.9 Å². The van der Waals surface area contributed by atoms with Crippen LogP contribution in [0.5, 0.6) is 0 Å². The quantitative estimate of drug-likeness (QED) is 0.794. The highest BCUT2D eigenvalue weighted by Gasteiger charge is 2.43. The highest BCUT2D eigenvalue weighted by molar-refractivity contribution is 5.75. The van der Waals surface area contributed by atoms with Crippen LogP contribution in [0.25, 0.3) is 11.0 Å². The summed E-state index contributed by atoms with van der Waals surface area (Å²) < 4.78 is 5.34. The molecule has 0 spiro atoms. The maximum Gasteiger partial charge on any atom is 0.0931 e. The molecule has 1 unspecified atom stereocenters. The predicted octanol–water partition coefficient (Wildman–Crippen LogP) is 1.18. The molecule has 2 heterocycles. The van der Waals surface area contributed by atoms with Crippen molar-refractivity contribution in [1.29, 1.82) is 0 Å². The fraction of sp³-hybridized carbons (Fsp3) is 0.417. The van der Waals surface area contributed by atoms with Crippen molar-refractivity contribution >= 4 is 11.0 Å². The van der Waals surface area contributed by atoms with E-state index in [0.717, 1.165) is 11.0 Å². The Balaban J connectivity index is 2.10. The lowest BCUT2D eigenvalue weighted by Gasteiger charge is -2.45. The molecule has 84 valence electrons. The number of hydrogen-bond acceptors (Lipinski definition) is 3. The summed E-state index contributed by atoms with van der Waals surface area (Å²) in [5.74, 6) is 0. The number of nitrogens with zero attached hydrogens (tertiary/aromatic N) is 1. The molecular weight excluding hydrogens is 202 g/mol. The summed E-state index contributed by atoms with van der Waals surface area (Å²) in [7, 11) is 0. The molecule has 1 atom stereocenters. The van der Waals surface area contributed by atoms with Gasteiger partial charge in [-0.25, -0.2) is 4.98 Å². The average Bonchev–Trinajstić information content (AvgIpc) is 2.62. The summed E-state index contributed by atoms with van der Waals surface area (Å²) in [6.45, 7) is 3.47. The van der Waals surface area contributed by atoms with Gasteiger partial charge < -0.3 is 15.5 Å². The van der Waals surface area contributed by atoms with Crippen molar-refractivity contribution in [2.24, 2.45) is 5.73 Å². The number of aromatic nitrogens is 2. The summed E-state index contributed by atoms with van der Waals surface area (Å²) in [5, 5.41) is 0. The molecule has 0 radical (unpaired) electrons. The zero-order chi connectivity index (χ0) is 11.2. The fourth-order valence-corrected chi connectivity index (χ4v) is 2.26. The molecule has 4 heteroatoms. The number of nitrogens with one attached hydrogen (secondary N) is 1. The molecule has 4 nitrogen and oxygen atoms in total. The zero-order valence-electron chi connectivity index (χ0n) is 9.23. The van der Waals surface area contributed by atoms with Gasteiger partial charge in [0.1, 0.15) is 0 Å². The number of rotatable bonds is 2. The van der Waals surface area contributed by atoms with Gasteiger partial charge in [-0.2, -0.15) is 0 Å². The summed E-state index contributed by atoms with van der Waals surface area (Å²) >= 11 is 0. The number of fused-ring (bicyclic) bond motifs is 1. The van der Waals surface area contributed by atoms with Gasteiger partial charge in [-0.1, -0.05) is 6.07 Å². The second kappa shape index (κ2) is 3.30. The fourth-order valence-electron chi connectivity index (χ4n) is 2.26. The molecule has 1 fully saturated rings. The van der Waals surface area contributed by atoms with Crippen LogP contribution >= 0.6 is 0 Å². The van der Waals surface area contributed by atoms with E-state index in [0.29, 0.717) is 13.2 Å². The van der Waals surface area contributed by atoms with E-state index < -0.39 is 0 Å². The van der Waals surface area contributed by atoms with Gasteiger partial charge in [0.05, 0.1) is 36.0 Å². The largest absolute Gasteiger partial charge is 0.379 e. The highest BCUT2D eigenvalue weighted by Crippen LogP contribution is 2.35. The Morgan fingerprint density at radius 2 is 2.31 bits per heavy atom. The molecule has 1 aromatic carbocycles. The Kier molecular flexibility index (Phi) is 2.02. The SMILES string of the molecule is CC(N)C1(c2ccc3nc[nH]c3c2)COC1. The lowest BCUT2D eigenvalue weighted by Crippen LogP contribution is -2.57. The molecule has 1 aliphatic heterocycles. The van der Waals surface area contributed by atoms with Gasteiger partial charge in [0.25, 0.3) is 0 Å². The second-order valence-corrected chi connectivity index (χ2v) is 4.57. The maximum absolute atomic E-state index is 6.08. The molecule has 0 bridgehead atoms. The van der Waals surface area contributed by atoms with E-state index in [4.69, 9.17) is 10.5 Å². The first-order valence-electron chi connectivity index (χ1n) is 5.49. The number of aromatic amines is 1. The van der Waals surface area contributed by atoms with E-state index in [9.17, 15) is 0 Å². The van der Waals surface area contributed by atoms with Crippen LogP contribution in [-0.2, 0) is 10.2 Å². The smallest absolute Gasteiger partial charge is 0.0931 e. The van der Waals surface area contributed by atoms with Crippen LogP contribution in [0, 0.1) is 0 Å². The van der Waals surface area contributed by atoms with Gasteiger partial charge in [-0.3, -0.25) is 0 Å². The summed E-state index contributed by atoms with van der Waals surface area (Å²) in [5.41, 5.74) is 9.35. The summed E-state index contributed by atoms with van der Waals surface area (Å²) in [6.07, 6.45) is 1.71. The summed E-state index contributed by atoms with van der Waals surface area (Å²) in [6, 6.07) is 6.37. The average molecular weight is 217 g/mol. The van der Waals surface area contributed by atoms with Crippen molar-refractivity contribution in [3.63, 3.8) is 0 Å². The van der Waals surface area contributed by atoms with Crippen LogP contribution < -0.4 is 5.73 Å². The molecule has 0 amide bonds. The first kappa shape index (κ1) is 9.81. The lowest BCUT2D eigenvalue weighted by molar-refractivity contribution is -0.0701. The summed E-state index contributed by atoms with van der Waals surface area (Å²) in [4.78, 5) is 7.34. The number of nitrogens with two attached hydrogens (primary N) is 1. The van der Waals surface area contributed by atoms with Gasteiger partial charge in [-0.15, -0.1) is 0 Å². The molecule has 3 rings (SSSR count). The van der Waals surface area contributed by atoms with Crippen LogP contribution in [0.2, 0.25) is 0 Å². The first-order valence-corrected chi connectivity index (χ1v) is 5.49. The Morgan fingerprint density at radius 3 is 2.94 bits per heavy atom. The van der Waals surface area contributed by atoms with Crippen LogP contribution in [0.3, 0.4) is 0 Å². The van der Waals surface area contributed by atoms with Crippen molar-refractivity contribution in [3.05, 3.63) is 30.1 Å². The van der Waals surface area contributed by atoms with Crippen LogP contribution in [0.15, 0.2) is 24.5 Å². The number of H-pyrrole nitrogens is 1. The van der Waals surface area contributed by atoms with E-state index in [1.54, 1.807) is 6.33 Å². The number of ether oxygens (including phenoxy) is 1. The van der Waals surface area contributed by atoms with Crippen molar-refractivity contribution in [1.82, 2.24) is 9.97 Å². The number of imidazole rings is 1. The van der Waals surface area contributed by atoms with E-state index in [1.807, 2.05) is 13.0 Å². The van der Waals surface area contributed by atoms with Crippen molar-refractivity contribution in [2.45, 2.75) is 18.4 Å². The van der Waals surface area contributed by atoms with E-state index in [2.05, 4.69) is 22.1 Å². The lowest BCUT2D eigenvalue weighted by atomic mass is 9.73. The maximum atomic E-state index is 6.08. The molecule has 2 aromatic rings. The Hall–Kier alpha value is -1.39. The van der Waals surface area contributed by atoms with Crippen LogP contribution in [-0.4, -0.2) is 29.2 Å². The van der Waals surface area contributed by atoms with Crippen LogP contribution in [0.1, 0.15) is 12.5 Å². The Morgan fingerprint density at radius 1 is 1.50 bits per heavy atom. The monoisotopic (exact) mass is 217 g/mol. The van der Waals surface area contributed by atoms with Crippen LogP contribution in [0.4, 0.5) is 0 Å². The third kappa shape index (κ3) is 1.20. The normalized spacial score (nSPS) is 20.6. The van der Waals surface area contributed by atoms with Crippen molar-refractivity contribution < 1.29 is 4.74 Å². The van der Waals surface area contributed by atoms with Gasteiger partial charge in [0, 0.05) is 6.04 Å².